The number of amides is 1. The van der Waals surface area contributed by atoms with Crippen LogP contribution in [-0.2, 0) is 0 Å². The number of benzene rings is 2. The zero-order chi connectivity index (χ0) is 21.9. The average Bonchev–Trinajstić information content (AvgIpc) is 3.29. The van der Waals surface area contributed by atoms with Gasteiger partial charge in [-0.05, 0) is 43.0 Å². The van der Waals surface area contributed by atoms with Crippen LogP contribution in [0.3, 0.4) is 0 Å². The van der Waals surface area contributed by atoms with Crippen LogP contribution in [0, 0.1) is 5.92 Å². The quantitative estimate of drug-likeness (QED) is 0.606. The van der Waals surface area contributed by atoms with Gasteiger partial charge in [0, 0.05) is 51.2 Å². The van der Waals surface area contributed by atoms with Gasteiger partial charge in [-0.1, -0.05) is 30.3 Å². The highest BCUT2D eigenvalue weighted by Crippen LogP contribution is 2.29. The molecule has 0 saturated carbocycles. The van der Waals surface area contributed by atoms with Crippen molar-refractivity contribution in [1.29, 1.82) is 0 Å². The third-order valence-electron chi connectivity index (χ3n) is 6.85. The average molecular weight is 434 g/mol. The van der Waals surface area contributed by atoms with Crippen molar-refractivity contribution in [3.05, 3.63) is 60.4 Å². The van der Waals surface area contributed by atoms with Crippen LogP contribution in [0.25, 0.3) is 11.0 Å². The van der Waals surface area contributed by atoms with Gasteiger partial charge in [-0.3, -0.25) is 9.69 Å². The lowest BCUT2D eigenvalue weighted by atomic mass is 9.95. The first-order chi connectivity index (χ1) is 15.7. The summed E-state index contributed by atoms with van der Waals surface area (Å²) in [6.07, 6.45) is 2.11. The van der Waals surface area contributed by atoms with Gasteiger partial charge in [-0.2, -0.15) is 0 Å². The highest BCUT2D eigenvalue weighted by Gasteiger charge is 2.28. The van der Waals surface area contributed by atoms with E-state index >= 15 is 0 Å². The molecule has 3 aromatic rings. The van der Waals surface area contributed by atoms with E-state index in [2.05, 4.69) is 21.9 Å². The van der Waals surface area contributed by atoms with Crippen LogP contribution in [0.4, 0.5) is 5.69 Å². The highest BCUT2D eigenvalue weighted by molar-refractivity contribution is 5.96. The molecule has 3 heterocycles. The van der Waals surface area contributed by atoms with Gasteiger partial charge in [-0.25, -0.2) is 0 Å². The van der Waals surface area contributed by atoms with Gasteiger partial charge in [0.15, 0.2) is 5.76 Å². The summed E-state index contributed by atoms with van der Waals surface area (Å²) in [6, 6.07) is 17.9. The molecule has 0 radical (unpaired) electrons. The van der Waals surface area contributed by atoms with Gasteiger partial charge in [0.1, 0.15) is 11.3 Å². The Balaban J connectivity index is 1.10. The molecule has 2 saturated heterocycles. The second-order valence-electron chi connectivity index (χ2n) is 8.84. The number of carbonyl (C=O) groups is 1. The molecule has 5 rings (SSSR count). The van der Waals surface area contributed by atoms with E-state index in [0.717, 1.165) is 75.4 Å². The number of fused-ring (bicyclic) bond motifs is 1. The molecule has 2 aromatic carbocycles. The molecule has 1 amide bonds. The Hall–Kier alpha value is -2.99. The van der Waals surface area contributed by atoms with E-state index in [1.807, 2.05) is 47.4 Å². The molecule has 32 heavy (non-hydrogen) atoms. The number of methoxy groups -OCH3 is 1. The van der Waals surface area contributed by atoms with E-state index in [9.17, 15) is 4.79 Å². The zero-order valence-corrected chi connectivity index (χ0v) is 18.7. The minimum atomic E-state index is 0.0186. The minimum absolute atomic E-state index is 0.0186. The molecule has 6 nitrogen and oxygen atoms in total. The van der Waals surface area contributed by atoms with Gasteiger partial charge >= 0.3 is 0 Å². The molecule has 0 aliphatic carbocycles. The van der Waals surface area contributed by atoms with Crippen molar-refractivity contribution in [2.24, 2.45) is 5.92 Å². The fourth-order valence-corrected chi connectivity index (χ4v) is 4.99. The Labute approximate surface area is 189 Å². The molecular formula is C26H31N3O3. The van der Waals surface area contributed by atoms with Gasteiger partial charge in [0.2, 0.25) is 0 Å². The van der Waals surface area contributed by atoms with Crippen molar-refractivity contribution < 1.29 is 13.9 Å². The Bertz CT molecular complexity index is 1030. The molecule has 168 valence electrons. The van der Waals surface area contributed by atoms with Crippen LogP contribution >= 0.6 is 0 Å². The van der Waals surface area contributed by atoms with Crippen LogP contribution in [0.5, 0.6) is 5.75 Å². The van der Waals surface area contributed by atoms with Crippen LogP contribution in [-0.4, -0.2) is 68.6 Å². The lowest BCUT2D eigenvalue weighted by Gasteiger charge is -2.39. The van der Waals surface area contributed by atoms with Crippen molar-refractivity contribution in [2.45, 2.75) is 12.8 Å². The Morgan fingerprint density at radius 3 is 2.44 bits per heavy atom. The van der Waals surface area contributed by atoms with Crippen LogP contribution < -0.4 is 9.64 Å². The zero-order valence-electron chi connectivity index (χ0n) is 18.7. The maximum Gasteiger partial charge on any atom is 0.289 e. The summed E-state index contributed by atoms with van der Waals surface area (Å²) in [5.41, 5.74) is 1.96. The maximum atomic E-state index is 12.9. The van der Waals surface area contributed by atoms with E-state index in [4.69, 9.17) is 9.15 Å². The lowest BCUT2D eigenvalue weighted by Crippen LogP contribution is -2.49. The highest BCUT2D eigenvalue weighted by atomic mass is 16.5. The molecule has 2 aliphatic heterocycles. The molecule has 0 spiro atoms. The first-order valence-corrected chi connectivity index (χ1v) is 11.6. The van der Waals surface area contributed by atoms with E-state index in [-0.39, 0.29) is 5.91 Å². The van der Waals surface area contributed by atoms with Crippen molar-refractivity contribution in [3.8, 4) is 5.75 Å². The largest absolute Gasteiger partial charge is 0.495 e. The third kappa shape index (κ3) is 4.32. The molecule has 0 bridgehead atoms. The number of furan rings is 1. The predicted octanol–water partition coefficient (Wildman–Crippen LogP) is 4.12. The monoisotopic (exact) mass is 433 g/mol. The summed E-state index contributed by atoms with van der Waals surface area (Å²) in [4.78, 5) is 19.8. The molecule has 0 unspecified atom stereocenters. The van der Waals surface area contributed by atoms with Crippen molar-refractivity contribution in [2.75, 3.05) is 57.8 Å². The smallest absolute Gasteiger partial charge is 0.289 e. The lowest BCUT2D eigenvalue weighted by molar-refractivity contribution is 0.0636. The van der Waals surface area contributed by atoms with Crippen LogP contribution in [0.2, 0.25) is 0 Å². The van der Waals surface area contributed by atoms with Gasteiger partial charge < -0.3 is 19.0 Å². The van der Waals surface area contributed by atoms with Crippen LogP contribution in [0.1, 0.15) is 23.4 Å². The second-order valence-corrected chi connectivity index (χ2v) is 8.84. The minimum Gasteiger partial charge on any atom is -0.495 e. The Morgan fingerprint density at radius 1 is 0.969 bits per heavy atom. The molecule has 1 aromatic heterocycles. The summed E-state index contributed by atoms with van der Waals surface area (Å²) in [6.45, 7) is 6.90. The number of anilines is 1. The SMILES string of the molecule is COc1ccccc1N1CCN(CC2CCN(C(=O)c3cc4ccccc4o3)CC2)CC1. The number of hydrogen-bond donors (Lipinski definition) is 0. The number of nitrogens with zero attached hydrogens (tertiary/aromatic N) is 3. The number of piperidine rings is 1. The number of rotatable bonds is 5. The number of piperazine rings is 1. The van der Waals surface area contributed by atoms with E-state index in [1.165, 1.54) is 5.69 Å². The first-order valence-electron chi connectivity index (χ1n) is 11.6. The molecular weight excluding hydrogens is 402 g/mol. The second kappa shape index (κ2) is 9.25. The normalized spacial score (nSPS) is 18.3. The Kier molecular flexibility index (Phi) is 6.04. The van der Waals surface area contributed by atoms with Gasteiger partial charge in [-0.15, -0.1) is 0 Å². The molecule has 0 atom stereocenters. The first kappa shape index (κ1) is 20.9. The Morgan fingerprint density at radius 2 is 1.69 bits per heavy atom. The number of hydrogen-bond acceptors (Lipinski definition) is 5. The van der Waals surface area contributed by atoms with E-state index < -0.39 is 0 Å². The standard InChI is InChI=1S/C26H31N3O3/c1-31-24-9-5-3-7-22(24)28-16-14-27(15-17-28)19-20-10-12-29(13-11-20)26(30)25-18-21-6-2-4-8-23(21)32-25/h2-9,18,20H,10-17,19H2,1H3. The topological polar surface area (TPSA) is 49.2 Å². The predicted molar refractivity (Wildman–Crippen MR) is 126 cm³/mol. The van der Waals surface area contributed by atoms with E-state index in [0.29, 0.717) is 11.7 Å². The van der Waals surface area contributed by atoms with Crippen molar-refractivity contribution in [1.82, 2.24) is 9.80 Å². The summed E-state index contributed by atoms with van der Waals surface area (Å²) in [5, 5.41) is 0.984. The molecule has 2 fully saturated rings. The summed E-state index contributed by atoms with van der Waals surface area (Å²) in [7, 11) is 1.74. The van der Waals surface area contributed by atoms with Gasteiger partial charge in [0.25, 0.3) is 5.91 Å². The van der Waals surface area contributed by atoms with Crippen LogP contribution in [0.15, 0.2) is 59.0 Å². The molecule has 6 heteroatoms. The number of para-hydroxylation sites is 3. The van der Waals surface area contributed by atoms with E-state index in [1.54, 1.807) is 7.11 Å². The number of likely N-dealkylation sites (tertiary alicyclic amines) is 1. The molecule has 0 N–H and O–H groups in total. The fourth-order valence-electron chi connectivity index (χ4n) is 4.99. The summed E-state index contributed by atoms with van der Waals surface area (Å²) >= 11 is 0. The third-order valence-corrected chi connectivity index (χ3v) is 6.85. The summed E-state index contributed by atoms with van der Waals surface area (Å²) in [5.74, 6) is 2.07. The number of ether oxygens (including phenoxy) is 1. The molecule has 2 aliphatic rings. The summed E-state index contributed by atoms with van der Waals surface area (Å²) < 4.78 is 11.3. The number of carbonyl (C=O) groups excluding carboxylic acids is 1. The van der Waals surface area contributed by atoms with Crippen molar-refractivity contribution in [3.63, 3.8) is 0 Å². The maximum absolute atomic E-state index is 12.9. The van der Waals surface area contributed by atoms with Gasteiger partial charge in [0.05, 0.1) is 12.8 Å². The van der Waals surface area contributed by atoms with Crippen molar-refractivity contribution >= 4 is 22.6 Å². The fraction of sp³-hybridized carbons (Fsp3) is 0.423.